The predicted octanol–water partition coefficient (Wildman–Crippen LogP) is 2.23. The van der Waals surface area contributed by atoms with Crippen LogP contribution in [0.1, 0.15) is 17.4 Å². The Kier molecular flexibility index (Phi) is 4.25. The predicted molar refractivity (Wildman–Crippen MR) is 71.9 cm³/mol. The molecule has 0 radical (unpaired) electrons. The number of hydrogen-bond acceptors (Lipinski definition) is 3. The molecule has 0 saturated carbocycles. The molecule has 2 aromatic rings. The first-order valence-electron chi connectivity index (χ1n) is 5.85. The summed E-state index contributed by atoms with van der Waals surface area (Å²) in [6, 6.07) is 10.1. The number of hydrogen-bond donors (Lipinski definition) is 0. The van der Waals surface area contributed by atoms with Gasteiger partial charge in [0, 0.05) is 20.4 Å². The summed E-state index contributed by atoms with van der Waals surface area (Å²) in [5.41, 5.74) is 2.13. The smallest absolute Gasteiger partial charge is 0.102 e. The Hall–Kier alpha value is -1.94. The number of imidazole rings is 1. The zero-order chi connectivity index (χ0) is 12.8. The molecule has 0 aliphatic carbocycles. The minimum Gasteiger partial charge on any atom is -0.375 e. The average molecular weight is 243 g/mol. The van der Waals surface area contributed by atoms with Gasteiger partial charge in [-0.05, 0) is 5.56 Å². The second-order valence-electron chi connectivity index (χ2n) is 4.06. The highest BCUT2D eigenvalue weighted by Crippen LogP contribution is 2.16. The van der Waals surface area contributed by atoms with E-state index >= 15 is 0 Å². The van der Waals surface area contributed by atoms with Crippen LogP contribution in [-0.4, -0.2) is 29.4 Å². The zero-order valence-electron chi connectivity index (χ0n) is 10.7. The Morgan fingerprint density at radius 1 is 1.39 bits per heavy atom. The number of aromatic nitrogens is 2. The molecule has 0 saturated heterocycles. The van der Waals surface area contributed by atoms with Crippen molar-refractivity contribution in [3.8, 4) is 0 Å². The number of nitrogens with zero attached hydrogens (tertiary/aromatic N) is 3. The highest BCUT2D eigenvalue weighted by atomic mass is 16.5. The van der Waals surface area contributed by atoms with Crippen LogP contribution in [0.3, 0.4) is 0 Å². The van der Waals surface area contributed by atoms with Gasteiger partial charge in [0.15, 0.2) is 0 Å². The molecule has 4 nitrogen and oxygen atoms in total. The van der Waals surface area contributed by atoms with Crippen LogP contribution in [0.25, 0.3) is 0 Å². The van der Waals surface area contributed by atoms with Gasteiger partial charge >= 0.3 is 0 Å². The molecule has 0 aliphatic heterocycles. The van der Waals surface area contributed by atoms with Crippen molar-refractivity contribution in [1.82, 2.24) is 9.55 Å². The first-order valence-corrected chi connectivity index (χ1v) is 5.85. The quantitative estimate of drug-likeness (QED) is 0.755. The Balaban J connectivity index is 2.00. The van der Waals surface area contributed by atoms with Crippen molar-refractivity contribution in [1.29, 1.82) is 0 Å². The van der Waals surface area contributed by atoms with E-state index in [2.05, 4.69) is 9.98 Å². The first kappa shape index (κ1) is 12.5. The van der Waals surface area contributed by atoms with Crippen molar-refractivity contribution in [2.75, 3.05) is 13.7 Å². The largest absolute Gasteiger partial charge is 0.375 e. The van der Waals surface area contributed by atoms with E-state index in [1.54, 1.807) is 19.6 Å². The fourth-order valence-corrected chi connectivity index (χ4v) is 1.72. The molecule has 1 aromatic carbocycles. The van der Waals surface area contributed by atoms with E-state index in [0.29, 0.717) is 6.54 Å². The van der Waals surface area contributed by atoms with Gasteiger partial charge in [-0.1, -0.05) is 30.3 Å². The first-order chi connectivity index (χ1) is 8.81. The van der Waals surface area contributed by atoms with Gasteiger partial charge < -0.3 is 9.30 Å². The topological polar surface area (TPSA) is 39.4 Å². The van der Waals surface area contributed by atoms with Crippen LogP contribution in [0.15, 0.2) is 47.8 Å². The van der Waals surface area contributed by atoms with E-state index in [4.69, 9.17) is 4.74 Å². The third-order valence-electron chi connectivity index (χ3n) is 2.80. The van der Waals surface area contributed by atoms with Gasteiger partial charge in [-0.15, -0.1) is 0 Å². The number of methoxy groups -OCH3 is 1. The van der Waals surface area contributed by atoms with Crippen molar-refractivity contribution in [3.63, 3.8) is 0 Å². The summed E-state index contributed by atoms with van der Waals surface area (Å²) in [6.07, 6.45) is 5.36. The van der Waals surface area contributed by atoms with E-state index < -0.39 is 0 Å². The lowest BCUT2D eigenvalue weighted by Crippen LogP contribution is -2.05. The maximum absolute atomic E-state index is 5.45. The van der Waals surface area contributed by atoms with Crippen LogP contribution in [0, 0.1) is 0 Å². The Morgan fingerprint density at radius 3 is 2.78 bits per heavy atom. The lowest BCUT2D eigenvalue weighted by Gasteiger charge is -2.12. The second-order valence-corrected chi connectivity index (χ2v) is 4.06. The Morgan fingerprint density at radius 2 is 2.17 bits per heavy atom. The fourth-order valence-electron chi connectivity index (χ4n) is 1.72. The van der Waals surface area contributed by atoms with Gasteiger partial charge in [0.1, 0.15) is 6.10 Å². The van der Waals surface area contributed by atoms with Crippen molar-refractivity contribution in [2.45, 2.75) is 6.10 Å². The SMILES string of the molecule is COC(CN=Cc1cncn1C)c1ccccc1. The fraction of sp³-hybridized carbons (Fsp3) is 0.286. The number of aryl methyl sites for hydroxylation is 1. The van der Waals surface area contributed by atoms with Crippen LogP contribution in [0.4, 0.5) is 0 Å². The number of rotatable bonds is 5. The number of aliphatic imine (C=N–C) groups is 1. The van der Waals surface area contributed by atoms with Crippen LogP contribution in [0.2, 0.25) is 0 Å². The highest BCUT2D eigenvalue weighted by molar-refractivity contribution is 5.76. The van der Waals surface area contributed by atoms with E-state index in [1.165, 1.54) is 0 Å². The Labute approximate surface area is 107 Å². The van der Waals surface area contributed by atoms with Crippen LogP contribution >= 0.6 is 0 Å². The summed E-state index contributed by atoms with van der Waals surface area (Å²) in [5.74, 6) is 0. The molecule has 4 heteroatoms. The summed E-state index contributed by atoms with van der Waals surface area (Å²) in [6.45, 7) is 0.603. The van der Waals surface area contributed by atoms with E-state index in [0.717, 1.165) is 11.3 Å². The molecule has 94 valence electrons. The summed E-state index contributed by atoms with van der Waals surface area (Å²) in [4.78, 5) is 8.45. The minimum atomic E-state index is -0.00400. The van der Waals surface area contributed by atoms with Crippen molar-refractivity contribution in [2.24, 2.45) is 12.0 Å². The molecule has 2 rings (SSSR count). The van der Waals surface area contributed by atoms with E-state index in [9.17, 15) is 0 Å². The lowest BCUT2D eigenvalue weighted by molar-refractivity contribution is 0.111. The molecule has 18 heavy (non-hydrogen) atoms. The monoisotopic (exact) mass is 243 g/mol. The van der Waals surface area contributed by atoms with Gasteiger partial charge in [-0.3, -0.25) is 4.99 Å². The molecule has 0 spiro atoms. The van der Waals surface area contributed by atoms with Gasteiger partial charge in [0.2, 0.25) is 0 Å². The maximum atomic E-state index is 5.45. The average Bonchev–Trinajstić information content (AvgIpc) is 2.81. The molecule has 1 heterocycles. The number of ether oxygens (including phenoxy) is 1. The van der Waals surface area contributed by atoms with Gasteiger partial charge in [-0.2, -0.15) is 0 Å². The van der Waals surface area contributed by atoms with Gasteiger partial charge in [0.05, 0.1) is 24.8 Å². The van der Waals surface area contributed by atoms with Crippen LogP contribution < -0.4 is 0 Å². The summed E-state index contributed by atoms with van der Waals surface area (Å²) < 4.78 is 7.37. The molecule has 0 fully saturated rings. The highest BCUT2D eigenvalue weighted by Gasteiger charge is 2.08. The second kappa shape index (κ2) is 6.12. The van der Waals surface area contributed by atoms with Crippen molar-refractivity contribution < 1.29 is 4.74 Å². The molecule has 1 aromatic heterocycles. The normalized spacial score (nSPS) is 13.0. The molecule has 0 amide bonds. The Bertz CT molecular complexity index is 505. The van der Waals surface area contributed by atoms with Crippen molar-refractivity contribution >= 4 is 6.21 Å². The zero-order valence-corrected chi connectivity index (χ0v) is 10.7. The molecule has 1 atom stereocenters. The molecule has 0 aliphatic rings. The summed E-state index contributed by atoms with van der Waals surface area (Å²) >= 11 is 0. The molecule has 0 N–H and O–H groups in total. The van der Waals surface area contributed by atoms with Gasteiger partial charge in [0.25, 0.3) is 0 Å². The van der Waals surface area contributed by atoms with Gasteiger partial charge in [-0.25, -0.2) is 4.98 Å². The maximum Gasteiger partial charge on any atom is 0.102 e. The van der Waals surface area contributed by atoms with E-state index in [-0.39, 0.29) is 6.10 Å². The summed E-state index contributed by atoms with van der Waals surface area (Å²) in [5, 5.41) is 0. The van der Waals surface area contributed by atoms with E-state index in [1.807, 2.05) is 48.2 Å². The molecular formula is C14H17N3O. The lowest BCUT2D eigenvalue weighted by atomic mass is 10.1. The summed E-state index contributed by atoms with van der Waals surface area (Å²) in [7, 11) is 3.65. The third-order valence-corrected chi connectivity index (χ3v) is 2.80. The van der Waals surface area contributed by atoms with Crippen LogP contribution in [-0.2, 0) is 11.8 Å². The van der Waals surface area contributed by atoms with Crippen LogP contribution in [0.5, 0.6) is 0 Å². The molecule has 0 bridgehead atoms. The number of benzene rings is 1. The molecular weight excluding hydrogens is 226 g/mol. The molecule has 1 unspecified atom stereocenters. The van der Waals surface area contributed by atoms with Crippen molar-refractivity contribution in [3.05, 3.63) is 54.1 Å². The standard InChI is InChI=1S/C14H17N3O/c1-17-11-16-9-13(17)8-15-10-14(18-2)12-6-4-3-5-7-12/h3-9,11,14H,10H2,1-2H3. The minimum absolute atomic E-state index is 0.00400. The third kappa shape index (κ3) is 3.05.